The minimum absolute atomic E-state index is 0.0222. The van der Waals surface area contributed by atoms with E-state index < -0.39 is 108 Å². The van der Waals surface area contributed by atoms with Gasteiger partial charge in [0.2, 0.25) is 0 Å². The molecule has 20 heteroatoms. The first kappa shape index (κ1) is 63.0. The molecule has 6 N–H and O–H groups in total. The number of aromatic hydroxyl groups is 1. The number of nitrogens with zero attached hydrogens (tertiary/aromatic N) is 2. The van der Waals surface area contributed by atoms with Crippen molar-refractivity contribution >= 4 is 29.8 Å². The predicted molar refractivity (Wildman–Crippen MR) is 286 cm³/mol. The molecule has 5 rings (SSSR count). The second-order valence-corrected chi connectivity index (χ2v) is 22.9. The number of esters is 1. The number of methoxy groups -OCH3 is 1. The van der Waals surface area contributed by atoms with Crippen molar-refractivity contribution < 1.29 is 72.7 Å². The van der Waals surface area contributed by atoms with Crippen LogP contribution in [-0.2, 0) is 55.5 Å². The number of carbonyl (C=O) groups is 3. The number of alkyl carbamates (subject to hydrolysis) is 2. The molecular formula is C56H89ClN4O15. The van der Waals surface area contributed by atoms with Gasteiger partial charge in [0.25, 0.3) is 0 Å². The summed E-state index contributed by atoms with van der Waals surface area (Å²) in [7, 11) is 7.07. The number of cyclic esters (lactones) is 1. The molecule has 2 aromatic rings. The van der Waals surface area contributed by atoms with Gasteiger partial charge in [-0.1, -0.05) is 62.7 Å². The van der Waals surface area contributed by atoms with E-state index in [4.69, 9.17) is 49.5 Å². The summed E-state index contributed by atoms with van der Waals surface area (Å²) in [4.78, 5) is 45.8. The molecule has 0 aromatic heterocycles. The van der Waals surface area contributed by atoms with Crippen LogP contribution in [0, 0.1) is 17.8 Å². The van der Waals surface area contributed by atoms with E-state index in [1.165, 1.54) is 14.0 Å². The Balaban J connectivity index is 1.49. The molecule has 19 nitrogen and oxygen atoms in total. The first-order valence-corrected chi connectivity index (χ1v) is 27.3. The van der Waals surface area contributed by atoms with E-state index in [9.17, 15) is 34.8 Å². The van der Waals surface area contributed by atoms with Gasteiger partial charge in [-0.3, -0.25) is 9.69 Å². The second kappa shape index (κ2) is 27.3. The summed E-state index contributed by atoms with van der Waals surface area (Å²) < 4.78 is 51.2. The van der Waals surface area contributed by atoms with Gasteiger partial charge in [-0.05, 0) is 137 Å². The van der Waals surface area contributed by atoms with Crippen molar-refractivity contribution in [1.82, 2.24) is 20.4 Å². The van der Waals surface area contributed by atoms with Crippen LogP contribution < -0.4 is 10.6 Å². The van der Waals surface area contributed by atoms with Crippen molar-refractivity contribution in [2.24, 2.45) is 17.8 Å². The third kappa shape index (κ3) is 16.1. The summed E-state index contributed by atoms with van der Waals surface area (Å²) in [6, 6.07) is 13.0. The van der Waals surface area contributed by atoms with Gasteiger partial charge in [-0.2, -0.15) is 0 Å². The van der Waals surface area contributed by atoms with Crippen molar-refractivity contribution in [2.75, 3.05) is 47.9 Å². The number of hydrogen-bond acceptors (Lipinski definition) is 17. The van der Waals surface area contributed by atoms with Crippen LogP contribution in [-0.4, -0.2) is 187 Å². The molecule has 0 saturated carbocycles. The van der Waals surface area contributed by atoms with Gasteiger partial charge in [-0.15, -0.1) is 0 Å². The molecule has 430 valence electrons. The quantitative estimate of drug-likeness (QED) is 0.0859. The molecule has 0 bridgehead atoms. The number of phenols is 1. The van der Waals surface area contributed by atoms with Crippen LogP contribution in [0.15, 0.2) is 48.5 Å². The number of carbonyl (C=O) groups excluding carboxylic acids is 3. The van der Waals surface area contributed by atoms with E-state index in [0.29, 0.717) is 30.8 Å². The van der Waals surface area contributed by atoms with Gasteiger partial charge >= 0.3 is 18.2 Å². The van der Waals surface area contributed by atoms with Crippen LogP contribution in [0.3, 0.4) is 0 Å². The molecule has 76 heavy (non-hydrogen) atoms. The number of likely N-dealkylation sites (N-methyl/N-ethyl adjacent to an activating group) is 2. The number of ether oxygens (including phenoxy) is 8. The Labute approximate surface area is 455 Å². The molecular weight excluding hydrogens is 1000 g/mol. The fraction of sp³-hybridized carbons (Fsp3) is 0.732. The number of amides is 2. The van der Waals surface area contributed by atoms with Gasteiger partial charge in [-0.25, -0.2) is 9.59 Å². The zero-order chi connectivity index (χ0) is 56.4. The maximum Gasteiger partial charge on any atom is 0.407 e. The number of hydrogen-bond donors (Lipinski definition) is 6. The summed E-state index contributed by atoms with van der Waals surface area (Å²) in [6.07, 6.45) is -9.99. The van der Waals surface area contributed by atoms with Crippen LogP contribution in [0.25, 0.3) is 0 Å². The standard InChI is InChI=1S/C56H89ClN4O15/c1-15-43-56(10,68)48(75-52(65)58-26-24-38-20-22-40(62)23-21-38)36(6)61(13)31-32(2)29-54(8,67)47(74-51-45(63)42(60(11)12)28-33(3)70-51)34(4)46(35(5)50(64)72-43)73-44-30-55(9,69-14)49(37(7)71-44)76-53(66)59-27-25-39-18-16-17-19-41(39)57/h16-23,32-37,42-49,51,62-63,67-68H,15,24-31H2,1-14H3,(H,58,65)(H,59,66)/t32-,33-,34+,35-,36-,37+,42+,43-,44+,45-,46+,47-,48-,49+,51+,54+,55-,56-/m1/s1. The van der Waals surface area contributed by atoms with Gasteiger partial charge in [0.15, 0.2) is 24.8 Å². The predicted octanol–water partition coefficient (Wildman–Crippen LogP) is 6.21. The van der Waals surface area contributed by atoms with Gasteiger partial charge in [0.1, 0.15) is 29.2 Å². The molecule has 3 aliphatic heterocycles. The summed E-state index contributed by atoms with van der Waals surface area (Å²) in [5, 5.41) is 53.3. The first-order valence-electron chi connectivity index (χ1n) is 26.9. The average Bonchev–Trinajstić information content (AvgIpc) is 3.35. The number of halogens is 1. The van der Waals surface area contributed by atoms with Crippen LogP contribution in [0.4, 0.5) is 9.59 Å². The minimum Gasteiger partial charge on any atom is -0.508 e. The molecule has 3 fully saturated rings. The van der Waals surface area contributed by atoms with Gasteiger partial charge < -0.3 is 73.9 Å². The van der Waals surface area contributed by atoms with E-state index in [-0.39, 0.29) is 56.2 Å². The van der Waals surface area contributed by atoms with Crippen molar-refractivity contribution in [3.8, 4) is 5.75 Å². The maximum atomic E-state index is 14.9. The summed E-state index contributed by atoms with van der Waals surface area (Å²) in [5.74, 6) is -2.94. The second-order valence-electron chi connectivity index (χ2n) is 22.5. The van der Waals surface area contributed by atoms with E-state index in [0.717, 1.165) is 11.1 Å². The van der Waals surface area contributed by atoms with E-state index in [2.05, 4.69) is 10.6 Å². The number of aliphatic hydroxyl groups excluding tert-OH is 1. The Morgan fingerprint density at radius 2 is 1.49 bits per heavy atom. The molecule has 2 amide bonds. The largest absolute Gasteiger partial charge is 0.508 e. The summed E-state index contributed by atoms with van der Waals surface area (Å²) >= 11 is 6.34. The van der Waals surface area contributed by atoms with Crippen molar-refractivity contribution in [3.63, 3.8) is 0 Å². The Hall–Kier alpha value is -3.86. The highest BCUT2D eigenvalue weighted by Gasteiger charge is 2.54. The molecule has 3 saturated heterocycles. The summed E-state index contributed by atoms with van der Waals surface area (Å²) in [6.45, 7) is 18.3. The Morgan fingerprint density at radius 1 is 0.868 bits per heavy atom. The molecule has 0 unspecified atom stereocenters. The smallest absolute Gasteiger partial charge is 0.407 e. The Morgan fingerprint density at radius 3 is 2.09 bits per heavy atom. The van der Waals surface area contributed by atoms with Crippen LogP contribution in [0.2, 0.25) is 5.02 Å². The lowest BCUT2D eigenvalue weighted by molar-refractivity contribution is -0.317. The van der Waals surface area contributed by atoms with E-state index in [1.54, 1.807) is 71.9 Å². The molecule has 0 spiro atoms. The highest BCUT2D eigenvalue weighted by atomic mass is 35.5. The zero-order valence-electron chi connectivity index (χ0n) is 47.2. The fourth-order valence-corrected chi connectivity index (χ4v) is 11.7. The molecule has 0 radical (unpaired) electrons. The lowest BCUT2D eigenvalue weighted by Crippen LogP contribution is -2.61. The monoisotopic (exact) mass is 1090 g/mol. The topological polar surface area (TPSA) is 237 Å². The summed E-state index contributed by atoms with van der Waals surface area (Å²) in [5.41, 5.74) is -3.07. The maximum absolute atomic E-state index is 14.9. The highest BCUT2D eigenvalue weighted by molar-refractivity contribution is 6.31. The van der Waals surface area contributed by atoms with E-state index >= 15 is 0 Å². The number of benzene rings is 2. The minimum atomic E-state index is -1.96. The SMILES string of the molecule is CC[C@H]1OC(=O)[C@H](C)[C@@H](O[C@H]2C[C@@](C)(OC)[C@@H](OC(=O)NCCc3ccccc3Cl)[C@H](C)O2)[C@H](C)[C@@H](O[C@@H]2O[C@H](C)C[C@H](N(C)C)[C@H]2O)[C@@](C)(O)C[C@@H](C)CN(C)[C@H](C)[C@@H](OC(=O)NCCc2ccc(O)cc2)[C@]1(C)O. The molecule has 18 atom stereocenters. The number of nitrogens with one attached hydrogen (secondary N) is 2. The van der Waals surface area contributed by atoms with Gasteiger partial charge in [0, 0.05) is 56.2 Å². The zero-order valence-corrected chi connectivity index (χ0v) is 48.0. The third-order valence-corrected chi connectivity index (χ3v) is 16.2. The molecule has 3 aliphatic rings. The van der Waals surface area contributed by atoms with Crippen LogP contribution >= 0.6 is 11.6 Å². The lowest BCUT2D eigenvalue weighted by atomic mass is 9.77. The average molecular weight is 1090 g/mol. The fourth-order valence-electron chi connectivity index (χ4n) is 11.4. The number of aliphatic hydroxyl groups is 3. The van der Waals surface area contributed by atoms with Crippen molar-refractivity contribution in [1.29, 1.82) is 0 Å². The molecule has 3 heterocycles. The van der Waals surface area contributed by atoms with Crippen molar-refractivity contribution in [3.05, 3.63) is 64.7 Å². The van der Waals surface area contributed by atoms with E-state index in [1.807, 2.05) is 69.9 Å². The van der Waals surface area contributed by atoms with Crippen LogP contribution in [0.5, 0.6) is 5.75 Å². The lowest BCUT2D eigenvalue weighted by Gasteiger charge is -2.49. The van der Waals surface area contributed by atoms with Crippen molar-refractivity contribution in [2.45, 2.75) is 198 Å². The highest BCUT2D eigenvalue weighted by Crippen LogP contribution is 2.41. The first-order chi connectivity index (χ1) is 35.6. The number of rotatable bonds is 15. The Kier molecular flexibility index (Phi) is 22.7. The number of phenolic OH excluding ortho intramolecular Hbond substituents is 1. The Bertz CT molecular complexity index is 2170. The molecule has 0 aliphatic carbocycles. The van der Waals surface area contributed by atoms with Crippen LogP contribution in [0.1, 0.15) is 106 Å². The molecule has 2 aromatic carbocycles. The van der Waals surface area contributed by atoms with Gasteiger partial charge in [0.05, 0.1) is 35.9 Å². The third-order valence-electron chi connectivity index (χ3n) is 15.8. The normalized spacial score (nSPS) is 37.3.